The van der Waals surface area contributed by atoms with Crippen molar-refractivity contribution < 1.29 is 14.3 Å². The van der Waals surface area contributed by atoms with Gasteiger partial charge in [-0.2, -0.15) is 0 Å². The second kappa shape index (κ2) is 12.0. The number of hydrogen-bond donors (Lipinski definition) is 2. The number of carbonyl (C=O) groups is 1. The molecule has 1 aliphatic rings. The van der Waals surface area contributed by atoms with Gasteiger partial charge in [-0.25, -0.2) is 0 Å². The fourth-order valence-electron chi connectivity index (χ4n) is 4.38. The van der Waals surface area contributed by atoms with Crippen LogP contribution in [0, 0.1) is 6.92 Å². The van der Waals surface area contributed by atoms with E-state index in [4.69, 9.17) is 9.47 Å². The van der Waals surface area contributed by atoms with Crippen LogP contribution >= 0.6 is 11.8 Å². The summed E-state index contributed by atoms with van der Waals surface area (Å²) in [5, 5.41) is 16.2. The number of amides is 1. The Labute approximate surface area is 210 Å². The SMILES string of the molecule is COc1cccc(NCc2nnc(SCC(=O)Nc3cc(C)ccc3OC)n2C2CCCCC2)c1. The normalized spacial score (nSPS) is 13.9. The maximum atomic E-state index is 12.8. The molecule has 1 amide bonds. The van der Waals surface area contributed by atoms with Gasteiger partial charge in [0.2, 0.25) is 5.91 Å². The number of nitrogens with one attached hydrogen (secondary N) is 2. The van der Waals surface area contributed by atoms with Crippen molar-refractivity contribution in [3.63, 3.8) is 0 Å². The first-order valence-corrected chi connectivity index (χ1v) is 12.9. The van der Waals surface area contributed by atoms with E-state index in [2.05, 4.69) is 25.4 Å². The third-order valence-electron chi connectivity index (χ3n) is 6.16. The van der Waals surface area contributed by atoms with Crippen LogP contribution < -0.4 is 20.1 Å². The summed E-state index contributed by atoms with van der Waals surface area (Å²) in [5.41, 5.74) is 2.69. The summed E-state index contributed by atoms with van der Waals surface area (Å²) in [6.07, 6.45) is 5.86. The Morgan fingerprint density at radius 1 is 1.09 bits per heavy atom. The molecule has 3 aromatic rings. The molecule has 2 N–H and O–H groups in total. The first-order valence-electron chi connectivity index (χ1n) is 12.0. The number of anilines is 2. The highest BCUT2D eigenvalue weighted by Crippen LogP contribution is 2.33. The van der Waals surface area contributed by atoms with Crippen LogP contribution in [0.1, 0.15) is 49.5 Å². The minimum atomic E-state index is -0.104. The van der Waals surface area contributed by atoms with Crippen LogP contribution in [-0.4, -0.2) is 40.6 Å². The molecule has 0 saturated heterocycles. The van der Waals surface area contributed by atoms with Gasteiger partial charge in [0, 0.05) is 17.8 Å². The lowest BCUT2D eigenvalue weighted by atomic mass is 9.95. The lowest BCUT2D eigenvalue weighted by molar-refractivity contribution is -0.113. The minimum absolute atomic E-state index is 0.104. The highest BCUT2D eigenvalue weighted by molar-refractivity contribution is 7.99. The zero-order valence-corrected chi connectivity index (χ0v) is 21.4. The lowest BCUT2D eigenvalue weighted by Crippen LogP contribution is -2.19. The number of hydrogen-bond acceptors (Lipinski definition) is 7. The van der Waals surface area contributed by atoms with E-state index in [1.807, 2.05) is 49.4 Å². The van der Waals surface area contributed by atoms with E-state index in [0.29, 0.717) is 24.0 Å². The summed E-state index contributed by atoms with van der Waals surface area (Å²) < 4.78 is 12.9. The predicted molar refractivity (Wildman–Crippen MR) is 140 cm³/mol. The van der Waals surface area contributed by atoms with Crippen LogP contribution in [0.3, 0.4) is 0 Å². The second-order valence-corrected chi connectivity index (χ2v) is 9.63. The van der Waals surface area contributed by atoms with E-state index in [0.717, 1.165) is 40.8 Å². The molecule has 1 saturated carbocycles. The van der Waals surface area contributed by atoms with Crippen LogP contribution in [0.25, 0.3) is 0 Å². The Balaban J connectivity index is 1.46. The highest BCUT2D eigenvalue weighted by atomic mass is 32.2. The third-order valence-corrected chi connectivity index (χ3v) is 7.10. The molecule has 1 aliphatic carbocycles. The molecule has 2 aromatic carbocycles. The van der Waals surface area contributed by atoms with Gasteiger partial charge >= 0.3 is 0 Å². The van der Waals surface area contributed by atoms with Crippen molar-refractivity contribution in [1.29, 1.82) is 0 Å². The summed E-state index contributed by atoms with van der Waals surface area (Å²) in [7, 11) is 3.26. The maximum absolute atomic E-state index is 12.8. The van der Waals surface area contributed by atoms with Gasteiger partial charge in [-0.3, -0.25) is 4.79 Å². The van der Waals surface area contributed by atoms with Crippen LogP contribution in [0.5, 0.6) is 11.5 Å². The molecule has 1 heterocycles. The Morgan fingerprint density at radius 3 is 2.69 bits per heavy atom. The number of nitrogens with zero attached hydrogens (tertiary/aromatic N) is 3. The molecule has 35 heavy (non-hydrogen) atoms. The largest absolute Gasteiger partial charge is 0.497 e. The predicted octanol–water partition coefficient (Wildman–Crippen LogP) is 5.45. The van der Waals surface area contributed by atoms with Gasteiger partial charge in [0.15, 0.2) is 11.0 Å². The first-order chi connectivity index (χ1) is 17.1. The van der Waals surface area contributed by atoms with Crippen molar-refractivity contribution in [2.45, 2.75) is 56.8 Å². The lowest BCUT2D eigenvalue weighted by Gasteiger charge is -2.25. The highest BCUT2D eigenvalue weighted by Gasteiger charge is 2.23. The molecule has 0 bridgehead atoms. The standard InChI is InChI=1S/C26H33N5O3S/c1-18-12-13-23(34-3)22(14-18)28-25(32)17-35-26-30-29-24(31(26)20-9-5-4-6-10-20)16-27-19-8-7-11-21(15-19)33-2/h7-8,11-15,20,27H,4-6,9-10,16-17H2,1-3H3,(H,28,32). The summed E-state index contributed by atoms with van der Waals surface area (Å²) in [6.45, 7) is 2.53. The number of carbonyl (C=O) groups excluding carboxylic acids is 1. The molecule has 0 spiro atoms. The Hall–Kier alpha value is -3.20. The summed E-state index contributed by atoms with van der Waals surface area (Å²) in [5.74, 6) is 2.46. The van der Waals surface area contributed by atoms with Crippen LogP contribution in [0.15, 0.2) is 47.6 Å². The van der Waals surface area contributed by atoms with Gasteiger partial charge in [0.05, 0.1) is 32.2 Å². The number of benzene rings is 2. The number of rotatable bonds is 10. The summed E-state index contributed by atoms with van der Waals surface area (Å²) >= 11 is 1.42. The molecule has 0 radical (unpaired) electrons. The second-order valence-electron chi connectivity index (χ2n) is 8.69. The van der Waals surface area contributed by atoms with Crippen molar-refractivity contribution in [3.05, 3.63) is 53.9 Å². The molecular weight excluding hydrogens is 462 g/mol. The van der Waals surface area contributed by atoms with E-state index in [-0.39, 0.29) is 11.7 Å². The quantitative estimate of drug-likeness (QED) is 0.361. The van der Waals surface area contributed by atoms with E-state index >= 15 is 0 Å². The Morgan fingerprint density at radius 2 is 1.91 bits per heavy atom. The summed E-state index contributed by atoms with van der Waals surface area (Å²) in [4.78, 5) is 12.8. The van der Waals surface area contributed by atoms with E-state index in [1.165, 1.54) is 31.0 Å². The van der Waals surface area contributed by atoms with Gasteiger partial charge in [-0.05, 0) is 49.6 Å². The number of thioether (sulfide) groups is 1. The first kappa shape index (κ1) is 24.9. The van der Waals surface area contributed by atoms with Gasteiger partial charge < -0.3 is 24.7 Å². The molecule has 1 aromatic heterocycles. The minimum Gasteiger partial charge on any atom is -0.497 e. The molecule has 8 nitrogen and oxygen atoms in total. The molecule has 0 atom stereocenters. The average molecular weight is 496 g/mol. The monoisotopic (exact) mass is 495 g/mol. The number of aromatic nitrogens is 3. The zero-order valence-electron chi connectivity index (χ0n) is 20.5. The smallest absolute Gasteiger partial charge is 0.234 e. The number of aryl methyl sites for hydroxylation is 1. The van der Waals surface area contributed by atoms with Gasteiger partial charge in [-0.15, -0.1) is 10.2 Å². The van der Waals surface area contributed by atoms with Gasteiger partial charge in [0.1, 0.15) is 11.5 Å². The molecule has 0 unspecified atom stereocenters. The van der Waals surface area contributed by atoms with Gasteiger partial charge in [-0.1, -0.05) is 43.2 Å². The van der Waals surface area contributed by atoms with Crippen LogP contribution in [0.2, 0.25) is 0 Å². The Kier molecular flexibility index (Phi) is 8.52. The van der Waals surface area contributed by atoms with E-state index < -0.39 is 0 Å². The Bertz CT molecular complexity index is 1140. The molecule has 1 fully saturated rings. The van der Waals surface area contributed by atoms with Gasteiger partial charge in [0.25, 0.3) is 0 Å². The molecular formula is C26H33N5O3S. The molecule has 4 rings (SSSR count). The van der Waals surface area contributed by atoms with Crippen molar-refractivity contribution in [2.75, 3.05) is 30.6 Å². The summed E-state index contributed by atoms with van der Waals surface area (Å²) in [6, 6.07) is 13.9. The third kappa shape index (κ3) is 6.48. The van der Waals surface area contributed by atoms with E-state index in [9.17, 15) is 4.79 Å². The molecule has 0 aliphatic heterocycles. The fraction of sp³-hybridized carbons (Fsp3) is 0.423. The maximum Gasteiger partial charge on any atom is 0.234 e. The topological polar surface area (TPSA) is 90.3 Å². The zero-order chi connectivity index (χ0) is 24.6. The van der Waals surface area contributed by atoms with E-state index in [1.54, 1.807) is 14.2 Å². The average Bonchev–Trinajstić information content (AvgIpc) is 3.30. The van der Waals surface area contributed by atoms with Crippen molar-refractivity contribution in [3.8, 4) is 11.5 Å². The van der Waals surface area contributed by atoms with Crippen molar-refractivity contribution >= 4 is 29.0 Å². The molecule has 186 valence electrons. The number of methoxy groups -OCH3 is 2. The molecule has 9 heteroatoms. The number of ether oxygens (including phenoxy) is 2. The van der Waals surface area contributed by atoms with Crippen molar-refractivity contribution in [2.24, 2.45) is 0 Å². The van der Waals surface area contributed by atoms with Crippen molar-refractivity contribution in [1.82, 2.24) is 14.8 Å². The fourth-order valence-corrected chi connectivity index (χ4v) is 5.21. The van der Waals surface area contributed by atoms with Crippen LogP contribution in [-0.2, 0) is 11.3 Å². The van der Waals surface area contributed by atoms with Crippen LogP contribution in [0.4, 0.5) is 11.4 Å².